The molecule has 0 unspecified atom stereocenters. The summed E-state index contributed by atoms with van der Waals surface area (Å²) < 4.78 is 45.5. The Hall–Kier alpha value is -1.86. The highest BCUT2D eigenvalue weighted by atomic mass is 19.1. The molecule has 2 heterocycles. The zero-order valence-corrected chi connectivity index (χ0v) is 18.8. The molecule has 2 aliphatic rings. The Kier molecular flexibility index (Phi) is 7.89. The van der Waals surface area contributed by atoms with Gasteiger partial charge in [0, 0.05) is 6.61 Å². The molecule has 2 aliphatic heterocycles. The summed E-state index contributed by atoms with van der Waals surface area (Å²) in [5.74, 6) is -0.568. The molecule has 6 heteroatoms. The number of hydrogen-bond donors (Lipinski definition) is 0. The van der Waals surface area contributed by atoms with E-state index in [1.807, 2.05) is 0 Å². The topological polar surface area (TPSA) is 30.9 Å². The number of fused-ring (bicyclic) bond motifs is 1. The zero-order valence-electron chi connectivity index (χ0n) is 18.8. The van der Waals surface area contributed by atoms with Gasteiger partial charge >= 0.3 is 0 Å². The van der Waals surface area contributed by atoms with Crippen molar-refractivity contribution in [3.8, 4) is 0 Å². The van der Waals surface area contributed by atoms with Crippen LogP contribution < -0.4 is 0 Å². The van der Waals surface area contributed by atoms with Crippen LogP contribution >= 0.6 is 0 Å². The lowest BCUT2D eigenvalue weighted by Gasteiger charge is -2.34. The van der Waals surface area contributed by atoms with Crippen molar-refractivity contribution in [2.45, 2.75) is 63.4 Å². The van der Waals surface area contributed by atoms with Gasteiger partial charge in [0.1, 0.15) is 24.1 Å². The van der Waals surface area contributed by atoms with Crippen molar-refractivity contribution >= 4 is 0 Å². The standard InChI is InChI=1S/C26H33F2NO3/c1-2-3-4-5-6-7-16-30-17-26-18-31-24(20-8-12-22(27)13-9-20)29(26)25(32-19-26)21-10-14-23(28)15-11-21/h8-15,24-25H,2-7,16-19H2,1H3/t24-,25-/m0/s1. The third-order valence-electron chi connectivity index (χ3n) is 6.40. The zero-order chi connectivity index (χ0) is 22.4. The Balaban J connectivity index is 1.46. The van der Waals surface area contributed by atoms with Crippen LogP contribution in [0.2, 0.25) is 0 Å². The van der Waals surface area contributed by atoms with Gasteiger partial charge in [-0.2, -0.15) is 0 Å². The maximum Gasteiger partial charge on any atom is 0.139 e. The lowest BCUT2D eigenvalue weighted by Crippen LogP contribution is -2.48. The lowest BCUT2D eigenvalue weighted by atomic mass is 10.0. The Morgan fingerprint density at radius 3 is 1.84 bits per heavy atom. The molecule has 0 aliphatic carbocycles. The summed E-state index contributed by atoms with van der Waals surface area (Å²) in [6.07, 6.45) is 6.54. The summed E-state index contributed by atoms with van der Waals surface area (Å²) in [4.78, 5) is 2.18. The van der Waals surface area contributed by atoms with Gasteiger partial charge in [0.2, 0.25) is 0 Å². The maximum absolute atomic E-state index is 13.5. The maximum atomic E-state index is 13.5. The number of nitrogens with zero attached hydrogens (tertiary/aromatic N) is 1. The molecule has 2 saturated heterocycles. The minimum atomic E-state index is -0.430. The van der Waals surface area contributed by atoms with Crippen LogP contribution in [0.1, 0.15) is 69.0 Å². The van der Waals surface area contributed by atoms with Crippen LogP contribution in [0.3, 0.4) is 0 Å². The van der Waals surface area contributed by atoms with Crippen LogP contribution in [0.4, 0.5) is 8.78 Å². The molecule has 0 bridgehead atoms. The van der Waals surface area contributed by atoms with Crippen molar-refractivity contribution in [1.82, 2.24) is 4.90 Å². The predicted molar refractivity (Wildman–Crippen MR) is 119 cm³/mol. The summed E-state index contributed by atoms with van der Waals surface area (Å²) in [5.41, 5.74) is 1.30. The summed E-state index contributed by atoms with van der Waals surface area (Å²) >= 11 is 0. The molecule has 0 N–H and O–H groups in total. The van der Waals surface area contributed by atoms with Crippen molar-refractivity contribution < 1.29 is 23.0 Å². The summed E-state index contributed by atoms with van der Waals surface area (Å²) in [5, 5.41) is 0. The minimum Gasteiger partial charge on any atom is -0.379 e. The van der Waals surface area contributed by atoms with Gasteiger partial charge in [-0.05, 0) is 41.8 Å². The Labute approximate surface area is 189 Å². The average molecular weight is 446 g/mol. The fraction of sp³-hybridized carbons (Fsp3) is 0.538. The van der Waals surface area contributed by atoms with E-state index in [0.29, 0.717) is 26.4 Å². The van der Waals surface area contributed by atoms with Crippen LogP contribution in [-0.2, 0) is 14.2 Å². The first kappa shape index (κ1) is 23.3. The Morgan fingerprint density at radius 2 is 1.31 bits per heavy atom. The van der Waals surface area contributed by atoms with E-state index in [-0.39, 0.29) is 24.1 Å². The Morgan fingerprint density at radius 1 is 0.812 bits per heavy atom. The van der Waals surface area contributed by atoms with Crippen LogP contribution in [0, 0.1) is 11.6 Å². The molecule has 32 heavy (non-hydrogen) atoms. The second kappa shape index (κ2) is 10.8. The summed E-state index contributed by atoms with van der Waals surface area (Å²) in [7, 11) is 0. The number of rotatable bonds is 11. The summed E-state index contributed by atoms with van der Waals surface area (Å²) in [6.45, 7) is 4.36. The van der Waals surface area contributed by atoms with E-state index in [4.69, 9.17) is 14.2 Å². The van der Waals surface area contributed by atoms with E-state index < -0.39 is 5.54 Å². The van der Waals surface area contributed by atoms with Gasteiger partial charge in [-0.3, -0.25) is 0 Å². The highest BCUT2D eigenvalue weighted by molar-refractivity contribution is 5.25. The van der Waals surface area contributed by atoms with Crippen molar-refractivity contribution in [2.24, 2.45) is 0 Å². The van der Waals surface area contributed by atoms with Gasteiger partial charge in [-0.25, -0.2) is 13.7 Å². The van der Waals surface area contributed by atoms with E-state index in [1.165, 1.54) is 56.4 Å². The number of ether oxygens (including phenoxy) is 3. The molecule has 174 valence electrons. The predicted octanol–water partition coefficient (Wildman–Crippen LogP) is 6.14. The first-order chi connectivity index (χ1) is 15.6. The molecule has 0 radical (unpaired) electrons. The van der Waals surface area contributed by atoms with Gasteiger partial charge in [-0.1, -0.05) is 63.3 Å². The first-order valence-electron chi connectivity index (χ1n) is 11.7. The van der Waals surface area contributed by atoms with E-state index in [9.17, 15) is 8.78 Å². The van der Waals surface area contributed by atoms with Gasteiger partial charge in [-0.15, -0.1) is 0 Å². The molecule has 2 aromatic carbocycles. The number of unbranched alkanes of at least 4 members (excludes halogenated alkanes) is 5. The fourth-order valence-corrected chi connectivity index (χ4v) is 4.61. The van der Waals surface area contributed by atoms with Crippen LogP contribution in [0.5, 0.6) is 0 Å². The van der Waals surface area contributed by atoms with Crippen LogP contribution in [0.15, 0.2) is 48.5 Å². The van der Waals surface area contributed by atoms with Gasteiger partial charge in [0.25, 0.3) is 0 Å². The van der Waals surface area contributed by atoms with Gasteiger partial charge in [0.15, 0.2) is 0 Å². The van der Waals surface area contributed by atoms with Crippen LogP contribution in [-0.4, -0.2) is 36.9 Å². The molecule has 2 atom stereocenters. The Bertz CT molecular complexity index is 786. The first-order valence-corrected chi connectivity index (χ1v) is 11.7. The molecule has 0 aromatic heterocycles. The van der Waals surface area contributed by atoms with Crippen molar-refractivity contribution in [1.29, 1.82) is 0 Å². The molecule has 0 spiro atoms. The number of halogens is 2. The quantitative estimate of drug-likeness (QED) is 0.389. The van der Waals surface area contributed by atoms with Crippen LogP contribution in [0.25, 0.3) is 0 Å². The molecule has 2 aromatic rings. The third-order valence-corrected chi connectivity index (χ3v) is 6.40. The molecule has 4 nitrogen and oxygen atoms in total. The highest BCUT2D eigenvalue weighted by Crippen LogP contribution is 2.49. The lowest BCUT2D eigenvalue weighted by molar-refractivity contribution is -0.0642. The number of benzene rings is 2. The van der Waals surface area contributed by atoms with Gasteiger partial charge in [0.05, 0.1) is 25.4 Å². The second-order valence-electron chi connectivity index (χ2n) is 8.88. The SMILES string of the molecule is CCCCCCCCOCC12CO[C@@H](c3ccc(F)cc3)N1[C@H](c1ccc(F)cc1)OC2. The molecular formula is C26H33F2NO3. The summed E-state index contributed by atoms with van der Waals surface area (Å²) in [6, 6.07) is 12.7. The highest BCUT2D eigenvalue weighted by Gasteiger charge is 2.56. The molecule has 0 amide bonds. The third kappa shape index (κ3) is 5.20. The fourth-order valence-electron chi connectivity index (χ4n) is 4.61. The average Bonchev–Trinajstić information content (AvgIpc) is 3.34. The second-order valence-corrected chi connectivity index (χ2v) is 8.88. The largest absolute Gasteiger partial charge is 0.379 e. The monoisotopic (exact) mass is 445 g/mol. The van der Waals surface area contributed by atoms with Crippen molar-refractivity contribution in [2.75, 3.05) is 26.4 Å². The molecule has 0 saturated carbocycles. The molecule has 2 fully saturated rings. The van der Waals surface area contributed by atoms with E-state index >= 15 is 0 Å². The van der Waals surface area contributed by atoms with E-state index in [1.54, 1.807) is 24.3 Å². The minimum absolute atomic E-state index is 0.284. The van der Waals surface area contributed by atoms with Crippen molar-refractivity contribution in [3.63, 3.8) is 0 Å². The normalized spacial score (nSPS) is 22.3. The smallest absolute Gasteiger partial charge is 0.139 e. The van der Waals surface area contributed by atoms with Gasteiger partial charge < -0.3 is 14.2 Å². The van der Waals surface area contributed by atoms with E-state index in [2.05, 4.69) is 11.8 Å². The van der Waals surface area contributed by atoms with E-state index in [0.717, 1.165) is 17.5 Å². The van der Waals surface area contributed by atoms with Crippen molar-refractivity contribution in [3.05, 3.63) is 71.3 Å². The number of hydrogen-bond acceptors (Lipinski definition) is 4. The molecule has 4 rings (SSSR count). The molecular weight excluding hydrogens is 412 g/mol.